The first-order valence-corrected chi connectivity index (χ1v) is 11.4. The van der Waals surface area contributed by atoms with Crippen LogP contribution in [0.2, 0.25) is 0 Å². The molecule has 3 rings (SSSR count). The highest BCUT2D eigenvalue weighted by atomic mass is 32.1. The van der Waals surface area contributed by atoms with Crippen LogP contribution in [0.15, 0.2) is 60.2 Å². The normalized spacial score (nSPS) is 10.8. The van der Waals surface area contributed by atoms with Gasteiger partial charge in [0.2, 0.25) is 0 Å². The highest BCUT2D eigenvalue weighted by Crippen LogP contribution is 2.30. The fourth-order valence-corrected chi connectivity index (χ4v) is 4.42. The van der Waals surface area contributed by atoms with Crippen LogP contribution in [0, 0.1) is 29.6 Å². The highest BCUT2D eigenvalue weighted by molar-refractivity contribution is 7.14. The van der Waals surface area contributed by atoms with Crippen molar-refractivity contribution in [2.24, 2.45) is 0 Å². The van der Waals surface area contributed by atoms with E-state index in [1.807, 2.05) is 42.5 Å². The molecule has 0 saturated carbocycles. The van der Waals surface area contributed by atoms with Gasteiger partial charge in [-0.3, -0.25) is 4.79 Å². The topological polar surface area (TPSA) is 100 Å². The van der Waals surface area contributed by atoms with Crippen molar-refractivity contribution in [2.75, 3.05) is 6.61 Å². The molecular weight excluding hydrogens is 448 g/mol. The average Bonchev–Trinajstić information content (AvgIpc) is 3.17. The van der Waals surface area contributed by atoms with Crippen LogP contribution in [-0.4, -0.2) is 18.4 Å². The van der Waals surface area contributed by atoms with E-state index in [4.69, 9.17) is 9.47 Å². The minimum atomic E-state index is -0.527. The summed E-state index contributed by atoms with van der Waals surface area (Å²) in [6, 6.07) is 20.8. The van der Waals surface area contributed by atoms with Crippen molar-refractivity contribution in [3.63, 3.8) is 0 Å². The van der Waals surface area contributed by atoms with E-state index in [0.29, 0.717) is 33.2 Å². The monoisotopic (exact) mass is 470 g/mol. The number of nitrogens with zero attached hydrogens (tertiary/aromatic N) is 2. The lowest BCUT2D eigenvalue weighted by Gasteiger charge is -2.09. The van der Waals surface area contributed by atoms with Crippen LogP contribution in [0.4, 0.5) is 0 Å². The minimum absolute atomic E-state index is 0.0663. The molecule has 6 nitrogen and oxygen atoms in total. The third kappa shape index (κ3) is 5.78. The standard InChI is InChI=1S/C27H22N2O4S/c1-3-32-27(31)26-18(2)22(16-29)25(34-26)14-23(30)21(15-28)13-20-11-7-8-12-24(20)33-17-19-9-5-4-6-10-19/h4-13H,3,14,17H2,1-2H3/b21-13+. The molecule has 0 aliphatic rings. The second-order valence-electron chi connectivity index (χ2n) is 7.27. The predicted octanol–water partition coefficient (Wildman–Crippen LogP) is 5.40. The minimum Gasteiger partial charge on any atom is -0.488 e. The Hall–Kier alpha value is -4.20. The van der Waals surface area contributed by atoms with Crippen molar-refractivity contribution >= 4 is 29.2 Å². The molecule has 0 amide bonds. The van der Waals surface area contributed by atoms with Crippen molar-refractivity contribution in [1.82, 2.24) is 0 Å². The van der Waals surface area contributed by atoms with Crippen LogP contribution >= 0.6 is 11.3 Å². The number of ketones is 1. The number of para-hydroxylation sites is 1. The van der Waals surface area contributed by atoms with E-state index >= 15 is 0 Å². The number of thiophene rings is 1. The second-order valence-corrected chi connectivity index (χ2v) is 8.37. The molecule has 34 heavy (non-hydrogen) atoms. The summed E-state index contributed by atoms with van der Waals surface area (Å²) in [6.45, 7) is 3.90. The van der Waals surface area contributed by atoms with E-state index < -0.39 is 11.8 Å². The van der Waals surface area contributed by atoms with Crippen LogP contribution < -0.4 is 4.74 Å². The summed E-state index contributed by atoms with van der Waals surface area (Å²) < 4.78 is 11.0. The quantitative estimate of drug-likeness (QED) is 0.236. The number of hydrogen-bond donors (Lipinski definition) is 0. The number of esters is 1. The Labute approximate surface area is 202 Å². The Morgan fingerprint density at radius 3 is 2.44 bits per heavy atom. The fraction of sp³-hybridized carbons (Fsp3) is 0.185. The number of benzene rings is 2. The first-order valence-electron chi connectivity index (χ1n) is 10.6. The number of carbonyl (C=O) groups excluding carboxylic acids is 2. The van der Waals surface area contributed by atoms with Crippen molar-refractivity contribution in [1.29, 1.82) is 10.5 Å². The fourth-order valence-electron chi connectivity index (χ4n) is 3.27. The molecule has 0 aliphatic carbocycles. The van der Waals surface area contributed by atoms with E-state index in [0.717, 1.165) is 16.9 Å². The van der Waals surface area contributed by atoms with Gasteiger partial charge in [0.15, 0.2) is 5.78 Å². The number of allylic oxidation sites excluding steroid dienone is 1. The molecule has 3 aromatic rings. The second kappa shape index (κ2) is 11.6. The van der Waals surface area contributed by atoms with Crippen molar-refractivity contribution in [3.8, 4) is 17.9 Å². The van der Waals surface area contributed by atoms with Gasteiger partial charge in [0.05, 0.1) is 17.7 Å². The van der Waals surface area contributed by atoms with Gasteiger partial charge in [-0.1, -0.05) is 48.5 Å². The van der Waals surface area contributed by atoms with Gasteiger partial charge in [0.25, 0.3) is 0 Å². The number of rotatable bonds is 9. The first-order chi connectivity index (χ1) is 16.5. The summed E-state index contributed by atoms with van der Waals surface area (Å²) in [5.74, 6) is -0.435. The first kappa shape index (κ1) is 24.4. The van der Waals surface area contributed by atoms with Gasteiger partial charge < -0.3 is 9.47 Å². The third-order valence-electron chi connectivity index (χ3n) is 4.99. The molecule has 0 radical (unpaired) electrons. The Morgan fingerprint density at radius 2 is 1.76 bits per heavy atom. The van der Waals surface area contributed by atoms with Gasteiger partial charge in [-0.05, 0) is 37.1 Å². The SMILES string of the molecule is CCOC(=O)c1sc(CC(=O)/C(C#N)=C/c2ccccc2OCc2ccccc2)c(C#N)c1C. The Morgan fingerprint density at radius 1 is 1.06 bits per heavy atom. The van der Waals surface area contributed by atoms with Gasteiger partial charge in [-0.25, -0.2) is 4.79 Å². The van der Waals surface area contributed by atoms with E-state index in [2.05, 4.69) is 6.07 Å². The Balaban J connectivity index is 1.84. The molecule has 0 fully saturated rings. The molecule has 0 N–H and O–H groups in total. The van der Waals surface area contributed by atoms with Crippen LogP contribution in [0.25, 0.3) is 6.08 Å². The summed E-state index contributed by atoms with van der Waals surface area (Å²) in [4.78, 5) is 25.9. The van der Waals surface area contributed by atoms with E-state index in [9.17, 15) is 20.1 Å². The summed E-state index contributed by atoms with van der Waals surface area (Å²) in [7, 11) is 0. The van der Waals surface area contributed by atoms with Gasteiger partial charge in [0, 0.05) is 16.9 Å². The van der Waals surface area contributed by atoms with E-state index in [1.165, 1.54) is 6.08 Å². The van der Waals surface area contributed by atoms with Gasteiger partial charge in [-0.15, -0.1) is 11.3 Å². The number of carbonyl (C=O) groups is 2. The average molecular weight is 471 g/mol. The van der Waals surface area contributed by atoms with Gasteiger partial charge in [-0.2, -0.15) is 10.5 Å². The van der Waals surface area contributed by atoms with E-state index in [-0.39, 0.29) is 24.2 Å². The lowest BCUT2D eigenvalue weighted by Crippen LogP contribution is -2.05. The van der Waals surface area contributed by atoms with Crippen molar-refractivity contribution in [3.05, 3.63) is 92.2 Å². The van der Waals surface area contributed by atoms with Crippen LogP contribution in [0.1, 0.15) is 43.7 Å². The van der Waals surface area contributed by atoms with Crippen LogP contribution in [0.5, 0.6) is 5.75 Å². The number of Topliss-reactive ketones (excluding diaryl/α,β-unsaturated/α-hetero) is 1. The smallest absolute Gasteiger partial charge is 0.348 e. The third-order valence-corrected chi connectivity index (χ3v) is 6.26. The predicted molar refractivity (Wildman–Crippen MR) is 129 cm³/mol. The Kier molecular flexibility index (Phi) is 8.34. The summed E-state index contributed by atoms with van der Waals surface area (Å²) in [5, 5.41) is 19.2. The molecule has 0 unspecified atom stereocenters. The number of nitriles is 2. The molecule has 170 valence electrons. The maximum absolute atomic E-state index is 13.0. The lowest BCUT2D eigenvalue weighted by molar-refractivity contribution is -0.114. The molecule has 0 spiro atoms. The summed E-state index contributed by atoms with van der Waals surface area (Å²) >= 11 is 1.05. The van der Waals surface area contributed by atoms with E-state index in [1.54, 1.807) is 32.0 Å². The zero-order chi connectivity index (χ0) is 24.5. The largest absolute Gasteiger partial charge is 0.488 e. The van der Waals surface area contributed by atoms with Crippen molar-refractivity contribution in [2.45, 2.75) is 26.9 Å². The Bertz CT molecular complexity index is 1310. The van der Waals surface area contributed by atoms with Crippen molar-refractivity contribution < 1.29 is 19.1 Å². The molecule has 1 heterocycles. The van der Waals surface area contributed by atoms with Gasteiger partial charge in [0.1, 0.15) is 29.4 Å². The molecule has 1 aromatic heterocycles. The maximum Gasteiger partial charge on any atom is 0.348 e. The zero-order valence-electron chi connectivity index (χ0n) is 18.8. The molecule has 0 bridgehead atoms. The summed E-state index contributed by atoms with van der Waals surface area (Å²) in [5.41, 5.74) is 2.27. The van der Waals surface area contributed by atoms with Crippen LogP contribution in [-0.2, 0) is 22.6 Å². The van der Waals surface area contributed by atoms with Crippen LogP contribution in [0.3, 0.4) is 0 Å². The molecule has 0 aliphatic heterocycles. The zero-order valence-corrected chi connectivity index (χ0v) is 19.6. The number of hydrogen-bond acceptors (Lipinski definition) is 7. The lowest BCUT2D eigenvalue weighted by atomic mass is 10.0. The molecule has 2 aromatic carbocycles. The number of ether oxygens (including phenoxy) is 2. The maximum atomic E-state index is 13.0. The summed E-state index contributed by atoms with van der Waals surface area (Å²) in [6.07, 6.45) is 1.32. The highest BCUT2D eigenvalue weighted by Gasteiger charge is 2.23. The molecule has 0 atom stereocenters. The molecule has 7 heteroatoms. The molecular formula is C27H22N2O4S. The van der Waals surface area contributed by atoms with Gasteiger partial charge >= 0.3 is 5.97 Å². The molecule has 0 saturated heterocycles.